The first-order chi connectivity index (χ1) is 20.9. The SMILES string of the molecule is [B][C@@H]1O[C@H](COC)[C@H](OP(O)(=S)OC)C1C/C=C/CCCCNC(=S)CCCCO[C@@H]1O[C@H](CO)[C@H](O)[C@H](O)[C@H]1NC(C)=O. The molecule has 252 valence electrons. The highest BCUT2D eigenvalue weighted by Crippen LogP contribution is 2.48. The van der Waals surface area contributed by atoms with Crippen molar-refractivity contribution in [2.24, 2.45) is 5.92 Å². The van der Waals surface area contributed by atoms with Crippen LogP contribution < -0.4 is 10.6 Å². The van der Waals surface area contributed by atoms with Crippen LogP contribution in [0.4, 0.5) is 0 Å². The Kier molecular flexibility index (Phi) is 18.5. The van der Waals surface area contributed by atoms with Gasteiger partial charge in [0, 0.05) is 46.2 Å². The largest absolute Gasteiger partial charge is 0.394 e. The maximum Gasteiger partial charge on any atom is 0.324 e. The van der Waals surface area contributed by atoms with Gasteiger partial charge in [-0.15, -0.1) is 0 Å². The molecule has 44 heavy (non-hydrogen) atoms. The number of unbranched alkanes of at least 4 members (excludes halogenated alkanes) is 3. The van der Waals surface area contributed by atoms with Crippen molar-refractivity contribution in [3.63, 3.8) is 0 Å². The number of aliphatic hydroxyl groups excluding tert-OH is 3. The van der Waals surface area contributed by atoms with Gasteiger partial charge < -0.3 is 58.8 Å². The van der Waals surface area contributed by atoms with E-state index in [0.717, 1.165) is 37.2 Å². The van der Waals surface area contributed by atoms with E-state index in [1.54, 1.807) is 7.11 Å². The minimum Gasteiger partial charge on any atom is -0.394 e. The van der Waals surface area contributed by atoms with Crippen molar-refractivity contribution >= 4 is 49.5 Å². The molecular weight excluding hydrogens is 634 g/mol. The summed E-state index contributed by atoms with van der Waals surface area (Å²) in [5.74, 6) is -0.601. The summed E-state index contributed by atoms with van der Waals surface area (Å²) in [6.45, 7) is -1.28. The summed E-state index contributed by atoms with van der Waals surface area (Å²) in [5.41, 5.74) is 0. The molecule has 2 aliphatic heterocycles. The summed E-state index contributed by atoms with van der Waals surface area (Å²) in [7, 11) is 9.04. The lowest BCUT2D eigenvalue weighted by molar-refractivity contribution is -0.270. The number of allylic oxidation sites excluding steroid dienone is 2. The predicted molar refractivity (Wildman–Crippen MR) is 172 cm³/mol. The Hall–Kier alpha value is -0.585. The average molecular weight is 683 g/mol. The second-order valence-electron chi connectivity index (χ2n) is 10.8. The summed E-state index contributed by atoms with van der Waals surface area (Å²) in [6.07, 6.45) is 3.95. The number of carbonyl (C=O) groups excluding carboxylic acids is 1. The standard InChI is InChI=1S/C27H48BN2O11PS2/c1-17(32)30-22-24(34)23(33)19(15-31)40-27(22)38-14-10-8-12-21(43)29-13-9-6-4-5-7-11-18-25(41-42(35,44)37-3)20(16-36-2)39-26(18)28/h5,7,18-20,22-27,31,33-34H,4,6,8-16H2,1-3H3,(H,29,43)(H,30,32)(H,35,44)/b7-5+/t18?,19-,20-,22-,23+,24-,25-,26-,27-,42?/m1/s1. The van der Waals surface area contributed by atoms with Gasteiger partial charge in [0.25, 0.3) is 0 Å². The molecule has 17 heteroatoms. The molecule has 2 aliphatic rings. The van der Waals surface area contributed by atoms with Gasteiger partial charge in [-0.1, -0.05) is 24.4 Å². The number of nitrogens with one attached hydrogen (secondary N) is 2. The molecule has 2 fully saturated rings. The third-order valence-electron chi connectivity index (χ3n) is 7.38. The number of ether oxygens (including phenoxy) is 4. The van der Waals surface area contributed by atoms with Crippen molar-refractivity contribution in [2.45, 2.75) is 101 Å². The van der Waals surface area contributed by atoms with E-state index < -0.39 is 68.1 Å². The number of methoxy groups -OCH3 is 1. The number of hydrogen-bond donors (Lipinski definition) is 6. The topological polar surface area (TPSA) is 177 Å². The molecule has 0 aromatic rings. The second-order valence-corrected chi connectivity index (χ2v) is 14.2. The molecule has 0 bridgehead atoms. The van der Waals surface area contributed by atoms with Crippen LogP contribution in [0.2, 0.25) is 0 Å². The summed E-state index contributed by atoms with van der Waals surface area (Å²) in [5, 5.41) is 35.6. The van der Waals surface area contributed by atoms with Gasteiger partial charge in [0.15, 0.2) is 6.29 Å². The van der Waals surface area contributed by atoms with E-state index in [4.69, 9.17) is 59.9 Å². The van der Waals surface area contributed by atoms with E-state index in [1.165, 1.54) is 14.0 Å². The van der Waals surface area contributed by atoms with Crippen LogP contribution in [-0.4, -0.2) is 128 Å². The Morgan fingerprint density at radius 2 is 1.84 bits per heavy atom. The van der Waals surface area contributed by atoms with E-state index in [2.05, 4.69) is 16.7 Å². The van der Waals surface area contributed by atoms with Crippen molar-refractivity contribution in [1.82, 2.24) is 10.6 Å². The van der Waals surface area contributed by atoms with Gasteiger partial charge in [-0.2, -0.15) is 0 Å². The molecular formula is C27H48BN2O11PS2. The molecule has 2 rings (SSSR count). The van der Waals surface area contributed by atoms with Crippen LogP contribution in [0.15, 0.2) is 12.2 Å². The van der Waals surface area contributed by atoms with Crippen molar-refractivity contribution in [1.29, 1.82) is 0 Å². The maximum atomic E-state index is 11.5. The van der Waals surface area contributed by atoms with Gasteiger partial charge >= 0.3 is 6.72 Å². The van der Waals surface area contributed by atoms with Gasteiger partial charge in [0.2, 0.25) is 5.91 Å². The molecule has 10 atom stereocenters. The highest BCUT2D eigenvalue weighted by atomic mass is 32.5. The van der Waals surface area contributed by atoms with Gasteiger partial charge in [0.05, 0.1) is 18.2 Å². The lowest BCUT2D eigenvalue weighted by atomic mass is 9.82. The van der Waals surface area contributed by atoms with E-state index in [9.17, 15) is 25.0 Å². The molecule has 2 saturated heterocycles. The number of aliphatic hydroxyl groups is 3. The van der Waals surface area contributed by atoms with Crippen LogP contribution in [0.5, 0.6) is 0 Å². The van der Waals surface area contributed by atoms with Crippen LogP contribution >= 0.6 is 18.9 Å². The maximum absolute atomic E-state index is 11.5. The Morgan fingerprint density at radius 1 is 1.09 bits per heavy atom. The highest BCUT2D eigenvalue weighted by Gasteiger charge is 2.46. The van der Waals surface area contributed by atoms with Crippen LogP contribution in [0.25, 0.3) is 0 Å². The molecule has 1 amide bonds. The molecule has 2 heterocycles. The van der Waals surface area contributed by atoms with Crippen LogP contribution in [0.3, 0.4) is 0 Å². The lowest BCUT2D eigenvalue weighted by Crippen LogP contribution is -2.64. The lowest BCUT2D eigenvalue weighted by Gasteiger charge is -2.42. The molecule has 6 N–H and O–H groups in total. The number of hydrogen-bond acceptors (Lipinski definition) is 12. The van der Waals surface area contributed by atoms with E-state index in [-0.39, 0.29) is 19.1 Å². The summed E-state index contributed by atoms with van der Waals surface area (Å²) in [4.78, 5) is 22.4. The second kappa shape index (κ2) is 20.6. The van der Waals surface area contributed by atoms with Crippen molar-refractivity contribution < 1.29 is 53.0 Å². The van der Waals surface area contributed by atoms with Gasteiger partial charge in [-0.25, -0.2) is 0 Å². The minimum atomic E-state index is -3.39. The number of carbonyl (C=O) groups is 1. The van der Waals surface area contributed by atoms with Crippen molar-refractivity contribution in [3.8, 4) is 0 Å². The van der Waals surface area contributed by atoms with Gasteiger partial charge in [0.1, 0.15) is 44.4 Å². The molecule has 13 nitrogen and oxygen atoms in total. The third kappa shape index (κ3) is 13.3. The van der Waals surface area contributed by atoms with Gasteiger partial charge in [-0.05, 0) is 56.8 Å². The first-order valence-electron chi connectivity index (χ1n) is 14.8. The Morgan fingerprint density at radius 3 is 2.50 bits per heavy atom. The molecule has 2 radical (unpaired) electrons. The first-order valence-corrected chi connectivity index (χ1v) is 17.8. The third-order valence-corrected chi connectivity index (χ3v) is 9.41. The normalized spacial score (nSPS) is 32.0. The highest BCUT2D eigenvalue weighted by molar-refractivity contribution is 8.07. The van der Waals surface area contributed by atoms with Gasteiger partial charge in [-0.3, -0.25) is 4.79 Å². The molecule has 2 unspecified atom stereocenters. The molecule has 0 spiro atoms. The monoisotopic (exact) mass is 682 g/mol. The zero-order valence-electron chi connectivity index (χ0n) is 25.6. The zero-order valence-corrected chi connectivity index (χ0v) is 28.1. The number of thiocarbonyl (C=S) groups is 1. The Labute approximate surface area is 272 Å². The van der Waals surface area contributed by atoms with Crippen molar-refractivity contribution in [3.05, 3.63) is 12.2 Å². The van der Waals surface area contributed by atoms with E-state index >= 15 is 0 Å². The Balaban J connectivity index is 1.61. The Bertz CT molecular complexity index is 955. The summed E-state index contributed by atoms with van der Waals surface area (Å²) >= 11 is 10.4. The molecule has 0 aromatic carbocycles. The molecule has 0 aliphatic carbocycles. The number of amides is 1. The molecule has 0 saturated carbocycles. The minimum absolute atomic E-state index is 0.203. The average Bonchev–Trinajstić information content (AvgIpc) is 3.25. The van der Waals surface area contributed by atoms with Crippen LogP contribution in [0, 0.1) is 5.92 Å². The quantitative estimate of drug-likeness (QED) is 0.0345. The predicted octanol–water partition coefficient (Wildman–Crippen LogP) is 0.555. The van der Waals surface area contributed by atoms with Crippen molar-refractivity contribution in [2.75, 3.05) is 40.6 Å². The summed E-state index contributed by atoms with van der Waals surface area (Å²) in [6, 6.07) is -1.53. The fourth-order valence-corrected chi connectivity index (χ4v) is 6.26. The zero-order chi connectivity index (χ0) is 32.7. The fourth-order valence-electron chi connectivity index (χ4n) is 5.03. The van der Waals surface area contributed by atoms with E-state index in [1.807, 2.05) is 6.08 Å². The number of rotatable bonds is 20. The van der Waals surface area contributed by atoms with Crippen LogP contribution in [-0.2, 0) is 44.6 Å². The smallest absolute Gasteiger partial charge is 0.324 e. The summed E-state index contributed by atoms with van der Waals surface area (Å²) < 4.78 is 32.9. The van der Waals surface area contributed by atoms with Crippen LogP contribution in [0.1, 0.15) is 51.9 Å². The fraction of sp³-hybridized carbons (Fsp3) is 0.852. The first kappa shape index (κ1) is 39.6. The van der Waals surface area contributed by atoms with E-state index in [0.29, 0.717) is 19.3 Å². The molecule has 0 aromatic heterocycles.